The lowest BCUT2D eigenvalue weighted by atomic mass is 9.75. The molecule has 1 spiro atoms. The lowest BCUT2D eigenvalue weighted by Crippen LogP contribution is -2.45. The maximum Gasteiger partial charge on any atom is 0.251 e. The zero-order chi connectivity index (χ0) is 29.1. The van der Waals surface area contributed by atoms with Crippen LogP contribution in [0.1, 0.15) is 73.7 Å². The minimum absolute atomic E-state index is 0.130. The summed E-state index contributed by atoms with van der Waals surface area (Å²) in [5, 5.41) is 0. The van der Waals surface area contributed by atoms with Crippen molar-refractivity contribution in [3.8, 4) is 0 Å². The number of benzene rings is 2. The lowest BCUT2D eigenvalue weighted by Gasteiger charge is -2.42. The van der Waals surface area contributed by atoms with Crippen LogP contribution in [0.4, 0.5) is 23.2 Å². The lowest BCUT2D eigenvalue weighted by molar-refractivity contribution is 0.0445. The van der Waals surface area contributed by atoms with Gasteiger partial charge in [-0.2, -0.15) is 0 Å². The summed E-state index contributed by atoms with van der Waals surface area (Å²) in [6.07, 6.45) is 6.51. The van der Waals surface area contributed by atoms with Crippen molar-refractivity contribution in [1.82, 2.24) is 9.80 Å². The second-order valence-corrected chi connectivity index (χ2v) is 12.5. The molecular formula is C34H43F4N3. The highest BCUT2D eigenvalue weighted by Crippen LogP contribution is 2.44. The molecule has 0 amide bonds. The Hall–Kier alpha value is -2.60. The van der Waals surface area contributed by atoms with E-state index in [1.54, 1.807) is 4.90 Å². The summed E-state index contributed by atoms with van der Waals surface area (Å²) in [6.45, 7) is 11.5. The van der Waals surface area contributed by atoms with Gasteiger partial charge in [0.25, 0.3) is 6.43 Å². The highest BCUT2D eigenvalue weighted by molar-refractivity contribution is 5.52. The summed E-state index contributed by atoms with van der Waals surface area (Å²) in [6, 6.07) is 7.45. The van der Waals surface area contributed by atoms with Crippen molar-refractivity contribution in [2.45, 2.75) is 77.3 Å². The Balaban J connectivity index is 1.40. The van der Waals surface area contributed by atoms with Crippen molar-refractivity contribution in [3.63, 3.8) is 0 Å². The summed E-state index contributed by atoms with van der Waals surface area (Å²) in [7, 11) is 0. The molecule has 2 unspecified atom stereocenters. The fourth-order valence-electron chi connectivity index (χ4n) is 7.53. The second kappa shape index (κ2) is 12.7. The van der Waals surface area contributed by atoms with Crippen molar-refractivity contribution in [2.75, 3.05) is 44.2 Å². The molecular weight excluding hydrogens is 526 g/mol. The fourth-order valence-corrected chi connectivity index (χ4v) is 7.53. The number of alkyl halides is 2. The number of fused-ring (bicyclic) bond motifs is 1. The maximum absolute atomic E-state index is 16.0. The van der Waals surface area contributed by atoms with Gasteiger partial charge in [0.05, 0.1) is 12.6 Å². The van der Waals surface area contributed by atoms with Gasteiger partial charge in [0, 0.05) is 36.9 Å². The van der Waals surface area contributed by atoms with Gasteiger partial charge in [-0.3, -0.25) is 9.80 Å². The van der Waals surface area contributed by atoms with E-state index >= 15 is 8.78 Å². The normalized spacial score (nSPS) is 26.0. The molecule has 222 valence electrons. The van der Waals surface area contributed by atoms with Gasteiger partial charge in [0.15, 0.2) is 0 Å². The van der Waals surface area contributed by atoms with E-state index in [1.807, 2.05) is 38.1 Å². The van der Waals surface area contributed by atoms with Crippen LogP contribution in [0, 0.1) is 24.0 Å². The summed E-state index contributed by atoms with van der Waals surface area (Å²) in [5.41, 5.74) is 6.27. The van der Waals surface area contributed by atoms with Gasteiger partial charge in [0.1, 0.15) is 11.6 Å². The molecule has 3 atom stereocenters. The number of hydrogen-bond donors (Lipinski definition) is 0. The summed E-state index contributed by atoms with van der Waals surface area (Å²) in [4.78, 5) is 6.15. The number of anilines is 1. The fraction of sp³-hybridized carbons (Fsp3) is 0.559. The summed E-state index contributed by atoms with van der Waals surface area (Å²) < 4.78 is 59.4. The summed E-state index contributed by atoms with van der Waals surface area (Å²) in [5.74, 6) is -1.33. The highest BCUT2D eigenvalue weighted by Gasteiger charge is 2.39. The molecule has 3 aliphatic rings. The third kappa shape index (κ3) is 6.58. The van der Waals surface area contributed by atoms with Crippen LogP contribution in [0.5, 0.6) is 0 Å². The molecule has 0 radical (unpaired) electrons. The number of rotatable bonds is 6. The van der Waals surface area contributed by atoms with E-state index in [0.717, 1.165) is 76.0 Å². The number of likely N-dealkylation sites (tertiary alicyclic amines) is 1. The monoisotopic (exact) mass is 569 g/mol. The first-order chi connectivity index (χ1) is 19.7. The average molecular weight is 570 g/mol. The van der Waals surface area contributed by atoms with Gasteiger partial charge in [0.2, 0.25) is 0 Å². The van der Waals surface area contributed by atoms with Gasteiger partial charge in [-0.1, -0.05) is 30.3 Å². The molecule has 3 nitrogen and oxygen atoms in total. The van der Waals surface area contributed by atoms with E-state index in [4.69, 9.17) is 0 Å². The van der Waals surface area contributed by atoms with Crippen molar-refractivity contribution >= 4 is 5.69 Å². The minimum atomic E-state index is -2.60. The molecule has 3 aliphatic heterocycles. The Morgan fingerprint density at radius 1 is 1.00 bits per heavy atom. The smallest absolute Gasteiger partial charge is 0.251 e. The molecule has 0 aromatic heterocycles. The molecule has 0 bridgehead atoms. The molecule has 0 saturated carbocycles. The Kier molecular flexibility index (Phi) is 9.27. The molecule has 5 rings (SSSR count). The first-order valence-corrected chi connectivity index (χ1v) is 15.1. The topological polar surface area (TPSA) is 9.72 Å². The third-order valence-corrected chi connectivity index (χ3v) is 9.74. The molecule has 41 heavy (non-hydrogen) atoms. The first-order valence-electron chi connectivity index (χ1n) is 15.1. The minimum Gasteiger partial charge on any atom is -0.371 e. The first kappa shape index (κ1) is 29.9. The quantitative estimate of drug-likeness (QED) is 0.261. The zero-order valence-corrected chi connectivity index (χ0v) is 24.4. The Morgan fingerprint density at radius 2 is 1.71 bits per heavy atom. The van der Waals surface area contributed by atoms with E-state index in [2.05, 4.69) is 22.1 Å². The van der Waals surface area contributed by atoms with Crippen molar-refractivity contribution < 1.29 is 17.6 Å². The van der Waals surface area contributed by atoms with Crippen molar-refractivity contribution in [2.24, 2.45) is 5.41 Å². The Morgan fingerprint density at radius 3 is 2.41 bits per heavy atom. The molecule has 0 aliphatic carbocycles. The van der Waals surface area contributed by atoms with Crippen LogP contribution in [-0.2, 0) is 6.42 Å². The van der Waals surface area contributed by atoms with Gasteiger partial charge < -0.3 is 4.90 Å². The van der Waals surface area contributed by atoms with Gasteiger partial charge in [-0.05, 0) is 107 Å². The number of aryl methyl sites for hydroxylation is 1. The van der Waals surface area contributed by atoms with Crippen LogP contribution in [-0.4, -0.2) is 61.5 Å². The van der Waals surface area contributed by atoms with E-state index in [9.17, 15) is 8.78 Å². The average Bonchev–Trinajstić information content (AvgIpc) is 3.26. The number of hydrogen-bond acceptors (Lipinski definition) is 3. The molecule has 2 fully saturated rings. The number of halogens is 4. The van der Waals surface area contributed by atoms with E-state index in [-0.39, 0.29) is 17.0 Å². The predicted molar refractivity (Wildman–Crippen MR) is 158 cm³/mol. The van der Waals surface area contributed by atoms with Crippen LogP contribution >= 0.6 is 0 Å². The van der Waals surface area contributed by atoms with Crippen LogP contribution in [0.2, 0.25) is 0 Å². The third-order valence-electron chi connectivity index (χ3n) is 9.74. The molecule has 3 heterocycles. The van der Waals surface area contributed by atoms with Crippen LogP contribution < -0.4 is 4.90 Å². The highest BCUT2D eigenvalue weighted by atomic mass is 19.3. The SMILES string of the molecule is C=C=CCN1CCCC2(CCCN(c3cc(F)c(C4c5ccc(C)cc5C[C@@H](C)N4CC(F)F)c(F)c3)CC2)CC1. The number of nitrogens with zero attached hydrogens (tertiary/aromatic N) is 3. The predicted octanol–water partition coefficient (Wildman–Crippen LogP) is 7.68. The molecule has 2 aromatic carbocycles. The van der Waals surface area contributed by atoms with Gasteiger partial charge in [-0.25, -0.2) is 17.6 Å². The Bertz CT molecular complexity index is 1250. The van der Waals surface area contributed by atoms with Gasteiger partial charge >= 0.3 is 0 Å². The van der Waals surface area contributed by atoms with Crippen LogP contribution in [0.3, 0.4) is 0 Å². The second-order valence-electron chi connectivity index (χ2n) is 12.5. The van der Waals surface area contributed by atoms with Crippen molar-refractivity contribution in [1.29, 1.82) is 0 Å². The van der Waals surface area contributed by atoms with E-state index < -0.39 is 30.6 Å². The maximum atomic E-state index is 16.0. The molecule has 2 aromatic rings. The van der Waals surface area contributed by atoms with Crippen LogP contribution in [0.15, 0.2) is 48.7 Å². The molecule has 2 saturated heterocycles. The zero-order valence-electron chi connectivity index (χ0n) is 24.4. The van der Waals surface area contributed by atoms with Crippen molar-refractivity contribution in [3.05, 3.63) is 82.6 Å². The standard InChI is InChI=1S/C34H43F4N3/c1-4-5-14-39-15-6-10-34(12-17-39)11-7-16-40(18-13-34)27-21-29(35)32(30(36)22-27)33-28-9-8-24(2)19-26(28)20-25(3)41(33)23-31(37)38/h5,8-9,19,21-22,25,31,33H,1,6-7,10-18,20,23H2,2-3H3/t25-,33?,34?/m1/s1. The summed E-state index contributed by atoms with van der Waals surface area (Å²) >= 11 is 0. The van der Waals surface area contributed by atoms with Crippen LogP contribution in [0.25, 0.3) is 0 Å². The van der Waals surface area contributed by atoms with E-state index in [1.165, 1.54) is 18.6 Å². The Labute approximate surface area is 242 Å². The van der Waals surface area contributed by atoms with E-state index in [0.29, 0.717) is 17.7 Å². The molecule has 0 N–H and O–H groups in total. The van der Waals surface area contributed by atoms with Gasteiger partial charge in [-0.15, -0.1) is 5.73 Å². The molecule has 7 heteroatoms. The largest absolute Gasteiger partial charge is 0.371 e.